The molecule has 0 aliphatic heterocycles. The molecule has 0 saturated heterocycles. The Morgan fingerprint density at radius 2 is 2.28 bits per heavy atom. The SMILES string of the molecule is CNc1ccc(C(=O)NCCc2ccsc2)nc1. The van der Waals surface area contributed by atoms with Gasteiger partial charge in [-0.1, -0.05) is 0 Å². The maximum Gasteiger partial charge on any atom is 0.269 e. The Bertz CT molecular complexity index is 493. The number of hydrogen-bond donors (Lipinski definition) is 2. The zero-order valence-electron chi connectivity index (χ0n) is 10.1. The van der Waals surface area contributed by atoms with E-state index in [1.54, 1.807) is 23.6 Å². The second-order valence-electron chi connectivity index (χ2n) is 3.82. The number of anilines is 1. The van der Waals surface area contributed by atoms with Gasteiger partial charge >= 0.3 is 0 Å². The molecular formula is C13H15N3OS. The summed E-state index contributed by atoms with van der Waals surface area (Å²) in [6, 6.07) is 5.61. The third-order valence-corrected chi connectivity index (χ3v) is 3.30. The smallest absolute Gasteiger partial charge is 0.269 e. The number of pyridine rings is 1. The lowest BCUT2D eigenvalue weighted by Crippen LogP contribution is -2.26. The maximum atomic E-state index is 11.8. The lowest BCUT2D eigenvalue weighted by Gasteiger charge is -2.04. The van der Waals surface area contributed by atoms with Crippen LogP contribution in [0, 0.1) is 0 Å². The molecular weight excluding hydrogens is 246 g/mol. The molecule has 2 rings (SSSR count). The number of aromatic nitrogens is 1. The van der Waals surface area contributed by atoms with Gasteiger partial charge in [0.15, 0.2) is 0 Å². The van der Waals surface area contributed by atoms with E-state index in [1.807, 2.05) is 18.5 Å². The third-order valence-electron chi connectivity index (χ3n) is 2.56. The normalized spacial score (nSPS) is 10.1. The molecule has 0 aromatic carbocycles. The standard InChI is InChI=1S/C13H15N3OS/c1-14-11-2-3-12(16-8-11)13(17)15-6-4-10-5-7-18-9-10/h2-3,5,7-9,14H,4,6H2,1H3,(H,15,17). The van der Waals surface area contributed by atoms with Crippen molar-refractivity contribution in [2.45, 2.75) is 6.42 Å². The second-order valence-corrected chi connectivity index (χ2v) is 4.60. The average molecular weight is 261 g/mol. The van der Waals surface area contributed by atoms with Gasteiger partial charge in [-0.15, -0.1) is 0 Å². The molecule has 4 nitrogen and oxygen atoms in total. The summed E-state index contributed by atoms with van der Waals surface area (Å²) in [7, 11) is 1.82. The molecule has 94 valence electrons. The van der Waals surface area contributed by atoms with Crippen LogP contribution in [0.4, 0.5) is 5.69 Å². The van der Waals surface area contributed by atoms with E-state index in [4.69, 9.17) is 0 Å². The van der Waals surface area contributed by atoms with Crippen molar-refractivity contribution in [1.82, 2.24) is 10.3 Å². The Hall–Kier alpha value is -1.88. The van der Waals surface area contributed by atoms with Crippen molar-refractivity contribution in [3.63, 3.8) is 0 Å². The first-order chi connectivity index (χ1) is 8.79. The monoisotopic (exact) mass is 261 g/mol. The molecule has 0 spiro atoms. The number of carbonyl (C=O) groups is 1. The topological polar surface area (TPSA) is 54.0 Å². The van der Waals surface area contributed by atoms with Gasteiger partial charge in [0.25, 0.3) is 5.91 Å². The number of nitrogens with zero attached hydrogens (tertiary/aromatic N) is 1. The molecule has 0 saturated carbocycles. The van der Waals surface area contributed by atoms with Gasteiger partial charge in [0.2, 0.25) is 0 Å². The number of hydrogen-bond acceptors (Lipinski definition) is 4. The minimum absolute atomic E-state index is 0.132. The van der Waals surface area contributed by atoms with E-state index < -0.39 is 0 Å². The summed E-state index contributed by atoms with van der Waals surface area (Å²) >= 11 is 1.67. The molecule has 2 N–H and O–H groups in total. The predicted molar refractivity (Wildman–Crippen MR) is 74.1 cm³/mol. The first-order valence-electron chi connectivity index (χ1n) is 5.72. The van der Waals surface area contributed by atoms with Crippen molar-refractivity contribution in [1.29, 1.82) is 0 Å². The molecule has 5 heteroatoms. The molecule has 18 heavy (non-hydrogen) atoms. The van der Waals surface area contributed by atoms with Gasteiger partial charge in [-0.25, -0.2) is 4.98 Å². The van der Waals surface area contributed by atoms with E-state index in [9.17, 15) is 4.79 Å². The molecule has 0 aliphatic rings. The molecule has 0 atom stereocenters. The largest absolute Gasteiger partial charge is 0.387 e. The Morgan fingerprint density at radius 3 is 2.89 bits per heavy atom. The van der Waals surface area contributed by atoms with Crippen molar-refractivity contribution in [3.8, 4) is 0 Å². The third kappa shape index (κ3) is 3.30. The van der Waals surface area contributed by atoms with Crippen molar-refractivity contribution in [2.24, 2.45) is 0 Å². The van der Waals surface area contributed by atoms with Crippen LogP contribution in [0.2, 0.25) is 0 Å². The van der Waals surface area contributed by atoms with Crippen LogP contribution < -0.4 is 10.6 Å². The summed E-state index contributed by atoms with van der Waals surface area (Å²) in [6.45, 7) is 0.630. The van der Waals surface area contributed by atoms with Crippen molar-refractivity contribution in [2.75, 3.05) is 18.9 Å². The average Bonchev–Trinajstić information content (AvgIpc) is 2.92. The first kappa shape index (κ1) is 12.6. The van der Waals surface area contributed by atoms with Gasteiger partial charge in [0.05, 0.1) is 11.9 Å². The van der Waals surface area contributed by atoms with E-state index in [1.165, 1.54) is 5.56 Å². The molecule has 0 unspecified atom stereocenters. The highest BCUT2D eigenvalue weighted by atomic mass is 32.1. The summed E-state index contributed by atoms with van der Waals surface area (Å²) in [6.07, 6.45) is 2.50. The van der Waals surface area contributed by atoms with Gasteiger partial charge < -0.3 is 10.6 Å². The van der Waals surface area contributed by atoms with Crippen LogP contribution >= 0.6 is 11.3 Å². The van der Waals surface area contributed by atoms with Crippen molar-refractivity contribution in [3.05, 3.63) is 46.4 Å². The van der Waals surface area contributed by atoms with Gasteiger partial charge in [-0.3, -0.25) is 4.79 Å². The molecule has 0 fully saturated rings. The van der Waals surface area contributed by atoms with Gasteiger partial charge in [0, 0.05) is 13.6 Å². The van der Waals surface area contributed by atoms with Crippen LogP contribution in [0.5, 0.6) is 0 Å². The van der Waals surface area contributed by atoms with E-state index in [-0.39, 0.29) is 5.91 Å². The fourth-order valence-corrected chi connectivity index (χ4v) is 2.23. The Labute approximate surface area is 110 Å². The molecule has 0 aliphatic carbocycles. The number of nitrogens with one attached hydrogen (secondary N) is 2. The number of thiophene rings is 1. The number of rotatable bonds is 5. The van der Waals surface area contributed by atoms with Crippen LogP contribution in [0.15, 0.2) is 35.2 Å². The van der Waals surface area contributed by atoms with E-state index in [0.29, 0.717) is 12.2 Å². The lowest BCUT2D eigenvalue weighted by molar-refractivity contribution is 0.0949. The Kier molecular flexibility index (Phi) is 4.30. The highest BCUT2D eigenvalue weighted by molar-refractivity contribution is 7.07. The molecule has 2 aromatic rings. The maximum absolute atomic E-state index is 11.8. The van der Waals surface area contributed by atoms with Gasteiger partial charge in [-0.2, -0.15) is 11.3 Å². The van der Waals surface area contributed by atoms with Crippen molar-refractivity contribution >= 4 is 22.9 Å². The molecule has 0 radical (unpaired) electrons. The van der Waals surface area contributed by atoms with Crippen molar-refractivity contribution < 1.29 is 4.79 Å². The van der Waals surface area contributed by atoms with E-state index in [2.05, 4.69) is 27.1 Å². The van der Waals surface area contributed by atoms with Crippen LogP contribution in [-0.4, -0.2) is 24.5 Å². The summed E-state index contributed by atoms with van der Waals surface area (Å²) < 4.78 is 0. The number of amides is 1. The minimum Gasteiger partial charge on any atom is -0.387 e. The second kappa shape index (κ2) is 6.16. The van der Waals surface area contributed by atoms with Gasteiger partial charge in [0.1, 0.15) is 5.69 Å². The van der Waals surface area contributed by atoms with Crippen LogP contribution in [0.25, 0.3) is 0 Å². The molecule has 2 aromatic heterocycles. The van der Waals surface area contributed by atoms with Crippen LogP contribution in [0.3, 0.4) is 0 Å². The molecule has 0 bridgehead atoms. The zero-order chi connectivity index (χ0) is 12.8. The van der Waals surface area contributed by atoms with Crippen LogP contribution in [0.1, 0.15) is 16.1 Å². The summed E-state index contributed by atoms with van der Waals surface area (Å²) in [5.74, 6) is -0.132. The lowest BCUT2D eigenvalue weighted by atomic mass is 10.2. The Morgan fingerprint density at radius 1 is 1.39 bits per heavy atom. The summed E-state index contributed by atoms with van der Waals surface area (Å²) in [5, 5.41) is 9.95. The van der Waals surface area contributed by atoms with E-state index >= 15 is 0 Å². The fourth-order valence-electron chi connectivity index (χ4n) is 1.52. The minimum atomic E-state index is -0.132. The summed E-state index contributed by atoms with van der Waals surface area (Å²) in [4.78, 5) is 15.9. The summed E-state index contributed by atoms with van der Waals surface area (Å²) in [5.41, 5.74) is 2.59. The zero-order valence-corrected chi connectivity index (χ0v) is 11.0. The Balaban J connectivity index is 1.83. The first-order valence-corrected chi connectivity index (χ1v) is 6.67. The highest BCUT2D eigenvalue weighted by Crippen LogP contribution is 2.06. The molecule has 2 heterocycles. The number of carbonyl (C=O) groups excluding carboxylic acids is 1. The quantitative estimate of drug-likeness (QED) is 0.867. The molecule has 1 amide bonds. The van der Waals surface area contributed by atoms with Crippen LogP contribution in [-0.2, 0) is 6.42 Å². The predicted octanol–water partition coefficient (Wildman–Crippen LogP) is 2.16. The highest BCUT2D eigenvalue weighted by Gasteiger charge is 2.06. The van der Waals surface area contributed by atoms with Gasteiger partial charge in [-0.05, 0) is 40.9 Å². The fraction of sp³-hybridized carbons (Fsp3) is 0.231. The van der Waals surface area contributed by atoms with E-state index in [0.717, 1.165) is 12.1 Å².